The van der Waals surface area contributed by atoms with Gasteiger partial charge in [0.25, 0.3) is 0 Å². The Morgan fingerprint density at radius 1 is 1.47 bits per heavy atom. The SMILES string of the molecule is C#CCCC(=O)Nc1cc(Br)ccc1C(=O)O. The van der Waals surface area contributed by atoms with Crippen molar-refractivity contribution in [3.05, 3.63) is 28.2 Å². The van der Waals surface area contributed by atoms with E-state index in [-0.39, 0.29) is 23.6 Å². The summed E-state index contributed by atoms with van der Waals surface area (Å²) in [6.45, 7) is 0. The molecule has 1 rings (SSSR count). The second-order valence-corrected chi connectivity index (χ2v) is 4.16. The molecular formula is C12H10BrNO3. The summed E-state index contributed by atoms with van der Waals surface area (Å²) in [5.41, 5.74) is 0.302. The summed E-state index contributed by atoms with van der Waals surface area (Å²) in [5, 5.41) is 11.5. The molecule has 0 heterocycles. The molecule has 1 aromatic rings. The standard InChI is InChI=1S/C12H10BrNO3/c1-2-3-4-11(15)14-10-7-8(13)5-6-9(10)12(16)17/h1,5-7H,3-4H2,(H,14,15)(H,16,17). The molecule has 0 unspecified atom stereocenters. The van der Waals surface area contributed by atoms with Crippen molar-refractivity contribution in [1.29, 1.82) is 0 Å². The Balaban J connectivity index is 2.89. The molecular weight excluding hydrogens is 286 g/mol. The summed E-state index contributed by atoms with van der Waals surface area (Å²) >= 11 is 3.21. The zero-order valence-corrected chi connectivity index (χ0v) is 10.5. The Hall–Kier alpha value is -1.80. The maximum atomic E-state index is 11.4. The molecule has 0 spiro atoms. The molecule has 1 amide bonds. The molecule has 5 heteroatoms. The van der Waals surface area contributed by atoms with Gasteiger partial charge in [0.15, 0.2) is 0 Å². The Labute approximate surface area is 107 Å². The second kappa shape index (κ2) is 6.06. The number of carbonyl (C=O) groups is 2. The third-order valence-corrected chi connectivity index (χ3v) is 2.48. The fraction of sp³-hybridized carbons (Fsp3) is 0.167. The van der Waals surface area contributed by atoms with Gasteiger partial charge in [0.2, 0.25) is 5.91 Å². The molecule has 0 atom stereocenters. The van der Waals surface area contributed by atoms with E-state index in [4.69, 9.17) is 11.5 Å². The van der Waals surface area contributed by atoms with E-state index in [9.17, 15) is 9.59 Å². The molecule has 4 nitrogen and oxygen atoms in total. The Kier molecular flexibility index (Phi) is 4.73. The van der Waals surface area contributed by atoms with Gasteiger partial charge in [0, 0.05) is 17.3 Å². The summed E-state index contributed by atoms with van der Waals surface area (Å²) in [6.07, 6.45) is 5.53. The van der Waals surface area contributed by atoms with Crippen LogP contribution < -0.4 is 5.32 Å². The van der Waals surface area contributed by atoms with Gasteiger partial charge in [-0.1, -0.05) is 15.9 Å². The van der Waals surface area contributed by atoms with Gasteiger partial charge in [0.05, 0.1) is 11.3 Å². The number of hydrogen-bond acceptors (Lipinski definition) is 2. The van der Waals surface area contributed by atoms with Crippen LogP contribution in [0.5, 0.6) is 0 Å². The number of terminal acetylenes is 1. The van der Waals surface area contributed by atoms with Gasteiger partial charge >= 0.3 is 5.97 Å². The maximum absolute atomic E-state index is 11.4. The van der Waals surface area contributed by atoms with Gasteiger partial charge < -0.3 is 10.4 Å². The maximum Gasteiger partial charge on any atom is 0.337 e. The first-order chi connectivity index (χ1) is 8.04. The molecule has 0 fully saturated rings. The number of anilines is 1. The first-order valence-electron chi connectivity index (χ1n) is 4.80. The summed E-state index contributed by atoms with van der Waals surface area (Å²) in [5.74, 6) is 0.952. The fourth-order valence-electron chi connectivity index (χ4n) is 1.20. The lowest BCUT2D eigenvalue weighted by atomic mass is 10.1. The zero-order valence-electron chi connectivity index (χ0n) is 8.87. The van der Waals surface area contributed by atoms with Crippen molar-refractivity contribution in [3.8, 4) is 12.3 Å². The Morgan fingerprint density at radius 3 is 2.76 bits per heavy atom. The van der Waals surface area contributed by atoms with Crippen LogP contribution in [0.2, 0.25) is 0 Å². The highest BCUT2D eigenvalue weighted by Crippen LogP contribution is 2.21. The molecule has 0 saturated carbocycles. The van der Waals surface area contributed by atoms with Crippen molar-refractivity contribution in [3.63, 3.8) is 0 Å². The van der Waals surface area contributed by atoms with Crippen LogP contribution >= 0.6 is 15.9 Å². The van der Waals surface area contributed by atoms with E-state index in [1.165, 1.54) is 12.1 Å². The fourth-order valence-corrected chi connectivity index (χ4v) is 1.57. The average Bonchev–Trinajstić information content (AvgIpc) is 2.26. The zero-order chi connectivity index (χ0) is 12.8. The van der Waals surface area contributed by atoms with E-state index in [0.717, 1.165) is 0 Å². The molecule has 1 aromatic carbocycles. The number of amides is 1. The largest absolute Gasteiger partial charge is 0.478 e. The average molecular weight is 296 g/mol. The molecule has 0 bridgehead atoms. The second-order valence-electron chi connectivity index (χ2n) is 3.25. The van der Waals surface area contributed by atoms with Crippen molar-refractivity contribution in [2.24, 2.45) is 0 Å². The topological polar surface area (TPSA) is 66.4 Å². The highest BCUT2D eigenvalue weighted by atomic mass is 79.9. The number of benzene rings is 1. The molecule has 0 aliphatic rings. The monoisotopic (exact) mass is 295 g/mol. The van der Waals surface area contributed by atoms with Crippen molar-refractivity contribution in [2.45, 2.75) is 12.8 Å². The van der Waals surface area contributed by atoms with Gasteiger partial charge in [0.1, 0.15) is 0 Å². The van der Waals surface area contributed by atoms with Gasteiger partial charge in [-0.2, -0.15) is 0 Å². The van der Waals surface area contributed by atoms with Crippen molar-refractivity contribution >= 4 is 33.5 Å². The number of carboxylic acid groups (broad SMARTS) is 1. The first-order valence-corrected chi connectivity index (χ1v) is 5.60. The number of nitrogens with one attached hydrogen (secondary N) is 1. The van der Waals surface area contributed by atoms with Crippen LogP contribution in [0.3, 0.4) is 0 Å². The van der Waals surface area contributed by atoms with Crippen LogP contribution in [0.15, 0.2) is 22.7 Å². The van der Waals surface area contributed by atoms with E-state index in [1.54, 1.807) is 6.07 Å². The van der Waals surface area contributed by atoms with E-state index >= 15 is 0 Å². The lowest BCUT2D eigenvalue weighted by Crippen LogP contribution is -2.14. The molecule has 0 saturated heterocycles. The molecule has 88 valence electrons. The highest BCUT2D eigenvalue weighted by molar-refractivity contribution is 9.10. The summed E-state index contributed by atoms with van der Waals surface area (Å²) in [6, 6.07) is 4.56. The summed E-state index contributed by atoms with van der Waals surface area (Å²) in [7, 11) is 0. The van der Waals surface area contributed by atoms with Crippen LogP contribution in [0, 0.1) is 12.3 Å². The number of aromatic carboxylic acids is 1. The quantitative estimate of drug-likeness (QED) is 0.839. The van der Waals surface area contributed by atoms with Crippen LogP contribution in [-0.4, -0.2) is 17.0 Å². The van der Waals surface area contributed by atoms with E-state index in [1.807, 2.05) is 0 Å². The predicted molar refractivity (Wildman–Crippen MR) is 67.8 cm³/mol. The predicted octanol–water partition coefficient (Wildman–Crippen LogP) is 2.50. The third-order valence-electron chi connectivity index (χ3n) is 1.98. The van der Waals surface area contributed by atoms with E-state index < -0.39 is 5.97 Å². The number of rotatable bonds is 4. The normalized spacial score (nSPS) is 9.41. The van der Waals surface area contributed by atoms with Crippen molar-refractivity contribution in [1.82, 2.24) is 0 Å². The molecule has 0 aromatic heterocycles. The van der Waals surface area contributed by atoms with Crippen molar-refractivity contribution in [2.75, 3.05) is 5.32 Å². The van der Waals surface area contributed by atoms with E-state index in [2.05, 4.69) is 27.2 Å². The van der Waals surface area contributed by atoms with Crippen LogP contribution in [0.25, 0.3) is 0 Å². The first kappa shape index (κ1) is 13.3. The molecule has 2 N–H and O–H groups in total. The smallest absolute Gasteiger partial charge is 0.337 e. The highest BCUT2D eigenvalue weighted by Gasteiger charge is 2.12. The Bertz CT molecular complexity index is 491. The minimum Gasteiger partial charge on any atom is -0.478 e. The third kappa shape index (κ3) is 3.93. The summed E-state index contributed by atoms with van der Waals surface area (Å²) in [4.78, 5) is 22.4. The molecule has 0 radical (unpaired) electrons. The van der Waals surface area contributed by atoms with Crippen LogP contribution in [0.4, 0.5) is 5.69 Å². The lowest BCUT2D eigenvalue weighted by Gasteiger charge is -2.08. The molecule has 0 aliphatic carbocycles. The summed E-state index contributed by atoms with van der Waals surface area (Å²) < 4.78 is 0.690. The Morgan fingerprint density at radius 2 is 2.18 bits per heavy atom. The van der Waals surface area contributed by atoms with Crippen LogP contribution in [0.1, 0.15) is 23.2 Å². The number of hydrogen-bond donors (Lipinski definition) is 2. The minimum atomic E-state index is -1.09. The van der Waals surface area contributed by atoms with Crippen LogP contribution in [-0.2, 0) is 4.79 Å². The van der Waals surface area contributed by atoms with Crippen molar-refractivity contribution < 1.29 is 14.7 Å². The van der Waals surface area contributed by atoms with Gasteiger partial charge in [-0.05, 0) is 18.2 Å². The van der Waals surface area contributed by atoms with Gasteiger partial charge in [-0.25, -0.2) is 4.79 Å². The van der Waals surface area contributed by atoms with Gasteiger partial charge in [-0.15, -0.1) is 12.3 Å². The minimum absolute atomic E-state index is 0.0438. The molecule has 17 heavy (non-hydrogen) atoms. The lowest BCUT2D eigenvalue weighted by molar-refractivity contribution is -0.116. The number of halogens is 1. The molecule has 0 aliphatic heterocycles. The number of carbonyl (C=O) groups excluding carboxylic acids is 1. The number of carboxylic acids is 1. The van der Waals surface area contributed by atoms with E-state index in [0.29, 0.717) is 10.9 Å². The van der Waals surface area contributed by atoms with Gasteiger partial charge in [-0.3, -0.25) is 4.79 Å².